The fourth-order valence-electron chi connectivity index (χ4n) is 2.57. The standard InChI is InChI=1S/C17H27N3O2.2ClH/c1-20(2)10-11-22-16-5-3-4-15(13-16)19-17(21)12-14-6-8-18-9-7-14;;/h3-5,13-14,18H,6-12H2,1-2H3,(H,19,21);2*1H. The molecule has 5 nitrogen and oxygen atoms in total. The van der Waals surface area contributed by atoms with E-state index in [1.54, 1.807) is 0 Å². The number of halogens is 2. The second-order valence-electron chi connectivity index (χ2n) is 6.13. The summed E-state index contributed by atoms with van der Waals surface area (Å²) in [4.78, 5) is 14.2. The van der Waals surface area contributed by atoms with E-state index >= 15 is 0 Å². The molecule has 2 rings (SSSR count). The van der Waals surface area contributed by atoms with Crippen LogP contribution in [0, 0.1) is 5.92 Å². The Balaban J connectivity index is 0.00000264. The van der Waals surface area contributed by atoms with E-state index in [1.165, 1.54) is 0 Å². The van der Waals surface area contributed by atoms with Crippen LogP contribution < -0.4 is 15.4 Å². The number of nitrogens with zero attached hydrogens (tertiary/aromatic N) is 1. The van der Waals surface area contributed by atoms with E-state index in [0.717, 1.165) is 43.9 Å². The van der Waals surface area contributed by atoms with Gasteiger partial charge in [0, 0.05) is 24.7 Å². The van der Waals surface area contributed by atoms with Gasteiger partial charge in [-0.25, -0.2) is 0 Å². The number of hydrogen-bond acceptors (Lipinski definition) is 4. The number of amides is 1. The molecule has 1 fully saturated rings. The lowest BCUT2D eigenvalue weighted by atomic mass is 9.94. The molecule has 7 heteroatoms. The average molecular weight is 378 g/mol. The van der Waals surface area contributed by atoms with Gasteiger partial charge in [0.1, 0.15) is 12.4 Å². The van der Waals surface area contributed by atoms with Gasteiger partial charge in [0.15, 0.2) is 0 Å². The van der Waals surface area contributed by atoms with E-state index in [4.69, 9.17) is 4.74 Å². The normalized spacial score (nSPS) is 14.5. The number of carbonyl (C=O) groups is 1. The number of ether oxygens (including phenoxy) is 1. The van der Waals surface area contributed by atoms with Gasteiger partial charge in [-0.15, -0.1) is 24.8 Å². The van der Waals surface area contributed by atoms with Gasteiger partial charge in [0.05, 0.1) is 0 Å². The van der Waals surface area contributed by atoms with E-state index in [1.807, 2.05) is 38.4 Å². The molecular weight excluding hydrogens is 349 g/mol. The summed E-state index contributed by atoms with van der Waals surface area (Å²) in [7, 11) is 4.03. The zero-order valence-electron chi connectivity index (χ0n) is 14.4. The van der Waals surface area contributed by atoms with Crippen LogP contribution in [0.3, 0.4) is 0 Å². The fourth-order valence-corrected chi connectivity index (χ4v) is 2.57. The molecule has 0 radical (unpaired) electrons. The van der Waals surface area contributed by atoms with Crippen molar-refractivity contribution in [1.82, 2.24) is 10.2 Å². The van der Waals surface area contributed by atoms with Gasteiger partial charge >= 0.3 is 0 Å². The summed E-state index contributed by atoms with van der Waals surface area (Å²) in [5.41, 5.74) is 0.807. The average Bonchev–Trinajstić information content (AvgIpc) is 2.48. The number of benzene rings is 1. The molecule has 1 heterocycles. The van der Waals surface area contributed by atoms with Crippen molar-refractivity contribution in [3.8, 4) is 5.75 Å². The molecule has 1 aliphatic rings. The zero-order valence-corrected chi connectivity index (χ0v) is 16.0. The van der Waals surface area contributed by atoms with Gasteiger partial charge in [-0.2, -0.15) is 0 Å². The third-order valence-electron chi connectivity index (χ3n) is 3.86. The maximum absolute atomic E-state index is 12.1. The Morgan fingerprint density at radius 2 is 2.00 bits per heavy atom. The molecule has 0 aliphatic carbocycles. The lowest BCUT2D eigenvalue weighted by molar-refractivity contribution is -0.117. The summed E-state index contributed by atoms with van der Waals surface area (Å²) >= 11 is 0. The van der Waals surface area contributed by atoms with Crippen LogP contribution in [0.2, 0.25) is 0 Å². The molecule has 0 spiro atoms. The Kier molecular flexibility index (Phi) is 11.8. The number of piperidine rings is 1. The second-order valence-corrected chi connectivity index (χ2v) is 6.13. The van der Waals surface area contributed by atoms with Crippen LogP contribution in [0.15, 0.2) is 24.3 Å². The summed E-state index contributed by atoms with van der Waals surface area (Å²) < 4.78 is 5.69. The highest BCUT2D eigenvalue weighted by atomic mass is 35.5. The number of carbonyl (C=O) groups excluding carboxylic acids is 1. The number of nitrogens with one attached hydrogen (secondary N) is 2. The van der Waals surface area contributed by atoms with Crippen molar-refractivity contribution in [1.29, 1.82) is 0 Å². The molecule has 24 heavy (non-hydrogen) atoms. The van der Waals surface area contributed by atoms with Crippen molar-refractivity contribution in [3.63, 3.8) is 0 Å². The fraction of sp³-hybridized carbons (Fsp3) is 0.588. The predicted molar refractivity (Wildman–Crippen MR) is 104 cm³/mol. The highest BCUT2D eigenvalue weighted by Gasteiger charge is 2.16. The van der Waals surface area contributed by atoms with Crippen molar-refractivity contribution in [2.45, 2.75) is 19.3 Å². The summed E-state index contributed by atoms with van der Waals surface area (Å²) in [6.07, 6.45) is 2.77. The summed E-state index contributed by atoms with van der Waals surface area (Å²) in [5.74, 6) is 1.39. The smallest absolute Gasteiger partial charge is 0.224 e. The minimum Gasteiger partial charge on any atom is -0.492 e. The zero-order chi connectivity index (χ0) is 15.8. The van der Waals surface area contributed by atoms with Gasteiger partial charge < -0.3 is 20.3 Å². The molecule has 1 aromatic carbocycles. The molecule has 1 amide bonds. The number of likely N-dealkylation sites (N-methyl/N-ethyl adjacent to an activating group) is 1. The van der Waals surface area contributed by atoms with E-state index in [9.17, 15) is 4.79 Å². The molecule has 1 aromatic rings. The Morgan fingerprint density at radius 3 is 2.67 bits per heavy atom. The lowest BCUT2D eigenvalue weighted by Gasteiger charge is -2.22. The minimum absolute atomic E-state index is 0. The Bertz CT molecular complexity index is 481. The third-order valence-corrected chi connectivity index (χ3v) is 3.86. The molecule has 0 saturated carbocycles. The van der Waals surface area contributed by atoms with E-state index in [0.29, 0.717) is 18.9 Å². The van der Waals surface area contributed by atoms with Crippen LogP contribution >= 0.6 is 24.8 Å². The van der Waals surface area contributed by atoms with Crippen LogP contribution in [0.5, 0.6) is 5.75 Å². The molecular formula is C17H29Cl2N3O2. The molecule has 0 bridgehead atoms. The van der Waals surface area contributed by atoms with Crippen molar-refractivity contribution in [3.05, 3.63) is 24.3 Å². The lowest BCUT2D eigenvalue weighted by Crippen LogP contribution is -2.30. The van der Waals surface area contributed by atoms with Crippen LogP contribution in [0.25, 0.3) is 0 Å². The minimum atomic E-state index is 0. The van der Waals surface area contributed by atoms with Crippen molar-refractivity contribution < 1.29 is 9.53 Å². The summed E-state index contributed by atoms with van der Waals surface area (Å²) in [6.45, 7) is 3.55. The first-order valence-corrected chi connectivity index (χ1v) is 8.01. The van der Waals surface area contributed by atoms with Gasteiger partial charge in [-0.1, -0.05) is 6.07 Å². The van der Waals surface area contributed by atoms with E-state index in [2.05, 4.69) is 15.5 Å². The number of hydrogen-bond donors (Lipinski definition) is 2. The highest BCUT2D eigenvalue weighted by Crippen LogP contribution is 2.20. The number of rotatable bonds is 7. The van der Waals surface area contributed by atoms with Crippen LogP contribution in [0.1, 0.15) is 19.3 Å². The Hall–Kier alpha value is -1.01. The van der Waals surface area contributed by atoms with Crippen LogP contribution in [-0.4, -0.2) is 51.1 Å². The first kappa shape index (κ1) is 23.0. The van der Waals surface area contributed by atoms with Gasteiger partial charge in [-0.05, 0) is 58.1 Å². The van der Waals surface area contributed by atoms with E-state index in [-0.39, 0.29) is 30.7 Å². The number of anilines is 1. The van der Waals surface area contributed by atoms with Crippen molar-refractivity contribution in [2.75, 3.05) is 45.7 Å². The molecule has 1 saturated heterocycles. The quantitative estimate of drug-likeness (QED) is 0.766. The van der Waals surface area contributed by atoms with E-state index < -0.39 is 0 Å². The molecule has 2 N–H and O–H groups in total. The first-order valence-electron chi connectivity index (χ1n) is 8.01. The third kappa shape index (κ3) is 8.73. The molecule has 0 aromatic heterocycles. The largest absolute Gasteiger partial charge is 0.492 e. The highest BCUT2D eigenvalue weighted by molar-refractivity contribution is 5.91. The van der Waals surface area contributed by atoms with Gasteiger partial charge in [0.25, 0.3) is 0 Å². The molecule has 138 valence electrons. The maximum Gasteiger partial charge on any atom is 0.224 e. The van der Waals surface area contributed by atoms with Crippen LogP contribution in [0.4, 0.5) is 5.69 Å². The first-order chi connectivity index (χ1) is 10.6. The summed E-state index contributed by atoms with van der Waals surface area (Å²) in [5, 5.41) is 6.30. The van der Waals surface area contributed by atoms with Gasteiger partial charge in [0.2, 0.25) is 5.91 Å². The second kappa shape index (κ2) is 12.4. The maximum atomic E-state index is 12.1. The van der Waals surface area contributed by atoms with Crippen molar-refractivity contribution >= 4 is 36.4 Å². The van der Waals surface area contributed by atoms with Crippen LogP contribution in [-0.2, 0) is 4.79 Å². The molecule has 0 unspecified atom stereocenters. The summed E-state index contributed by atoms with van der Waals surface area (Å²) in [6, 6.07) is 7.61. The topological polar surface area (TPSA) is 53.6 Å². The monoisotopic (exact) mass is 377 g/mol. The predicted octanol–water partition coefficient (Wildman–Crippen LogP) is 2.80. The van der Waals surface area contributed by atoms with Crippen molar-refractivity contribution in [2.24, 2.45) is 5.92 Å². The molecule has 1 aliphatic heterocycles. The molecule has 0 atom stereocenters. The Morgan fingerprint density at radius 1 is 1.29 bits per heavy atom. The van der Waals surface area contributed by atoms with Gasteiger partial charge in [-0.3, -0.25) is 4.79 Å². The SMILES string of the molecule is CN(C)CCOc1cccc(NC(=O)CC2CCNCC2)c1.Cl.Cl. The Labute approximate surface area is 157 Å².